The minimum atomic E-state index is -0.230. The van der Waals surface area contributed by atoms with Crippen LogP contribution in [-0.2, 0) is 0 Å². The molecule has 5 nitrogen and oxygen atoms in total. The van der Waals surface area contributed by atoms with Gasteiger partial charge in [0, 0.05) is 18.8 Å². The quantitative estimate of drug-likeness (QED) is 0.937. The van der Waals surface area contributed by atoms with Gasteiger partial charge in [-0.05, 0) is 68.0 Å². The summed E-state index contributed by atoms with van der Waals surface area (Å²) in [7, 11) is 0. The number of rotatable bonds is 3. The number of aromatic nitrogens is 2. The summed E-state index contributed by atoms with van der Waals surface area (Å²) in [6, 6.07) is 9.60. The van der Waals surface area contributed by atoms with Gasteiger partial charge in [0.25, 0.3) is 5.91 Å². The smallest absolute Gasteiger partial charge is 0.276 e. The first-order valence-corrected chi connectivity index (χ1v) is 8.49. The Bertz CT molecular complexity index is 698. The van der Waals surface area contributed by atoms with Crippen molar-refractivity contribution in [1.82, 2.24) is 10.2 Å². The second-order valence-electron chi connectivity index (χ2n) is 6.78. The van der Waals surface area contributed by atoms with E-state index in [1.54, 1.807) is 6.07 Å². The van der Waals surface area contributed by atoms with Crippen molar-refractivity contribution in [1.29, 1.82) is 0 Å². The van der Waals surface area contributed by atoms with E-state index in [0.29, 0.717) is 5.69 Å². The molecule has 0 saturated carbocycles. The summed E-state index contributed by atoms with van der Waals surface area (Å²) in [5.41, 5.74) is 3.36. The lowest BCUT2D eigenvalue weighted by atomic mass is 9.99. The van der Waals surface area contributed by atoms with Crippen molar-refractivity contribution in [3.05, 3.63) is 47.2 Å². The van der Waals surface area contributed by atoms with Crippen LogP contribution in [-0.4, -0.2) is 29.2 Å². The van der Waals surface area contributed by atoms with Crippen molar-refractivity contribution >= 4 is 17.4 Å². The normalized spacial score (nSPS) is 15.4. The van der Waals surface area contributed by atoms with Crippen LogP contribution < -0.4 is 10.2 Å². The summed E-state index contributed by atoms with van der Waals surface area (Å²) >= 11 is 0. The summed E-state index contributed by atoms with van der Waals surface area (Å²) < 4.78 is 0. The van der Waals surface area contributed by atoms with Crippen molar-refractivity contribution < 1.29 is 4.79 Å². The van der Waals surface area contributed by atoms with Gasteiger partial charge in [-0.25, -0.2) is 0 Å². The molecule has 1 aliphatic heterocycles. The number of benzene rings is 1. The molecule has 3 rings (SSSR count). The predicted molar refractivity (Wildman–Crippen MR) is 96.5 cm³/mol. The van der Waals surface area contributed by atoms with E-state index < -0.39 is 0 Å². The summed E-state index contributed by atoms with van der Waals surface area (Å²) in [6.45, 7) is 8.31. The Labute approximate surface area is 143 Å². The van der Waals surface area contributed by atoms with Crippen molar-refractivity contribution in [2.75, 3.05) is 23.3 Å². The zero-order valence-corrected chi connectivity index (χ0v) is 14.5. The Hall–Kier alpha value is -2.43. The molecule has 0 spiro atoms. The average molecular weight is 324 g/mol. The first-order chi connectivity index (χ1) is 11.5. The van der Waals surface area contributed by atoms with Crippen molar-refractivity contribution in [3.63, 3.8) is 0 Å². The Morgan fingerprint density at radius 2 is 1.75 bits per heavy atom. The zero-order valence-electron chi connectivity index (χ0n) is 14.5. The van der Waals surface area contributed by atoms with E-state index in [2.05, 4.69) is 33.4 Å². The number of hydrogen-bond donors (Lipinski definition) is 1. The van der Waals surface area contributed by atoms with Crippen molar-refractivity contribution in [2.24, 2.45) is 5.92 Å². The summed E-state index contributed by atoms with van der Waals surface area (Å²) in [4.78, 5) is 14.6. The highest BCUT2D eigenvalue weighted by Crippen LogP contribution is 2.21. The first kappa shape index (κ1) is 16.4. The van der Waals surface area contributed by atoms with Crippen LogP contribution in [0.25, 0.3) is 0 Å². The maximum atomic E-state index is 12.3. The zero-order chi connectivity index (χ0) is 17.1. The molecule has 5 heteroatoms. The van der Waals surface area contributed by atoms with Gasteiger partial charge in [-0.2, -0.15) is 0 Å². The molecule has 1 saturated heterocycles. The maximum absolute atomic E-state index is 12.3. The third kappa shape index (κ3) is 3.91. The average Bonchev–Trinajstić information content (AvgIpc) is 2.55. The van der Waals surface area contributed by atoms with E-state index >= 15 is 0 Å². The third-order valence-corrected chi connectivity index (χ3v) is 4.47. The minimum Gasteiger partial charge on any atom is -0.355 e. The van der Waals surface area contributed by atoms with Gasteiger partial charge in [0.05, 0.1) is 0 Å². The Morgan fingerprint density at radius 3 is 2.33 bits per heavy atom. The predicted octanol–water partition coefficient (Wildman–Crippen LogP) is 3.58. The van der Waals surface area contributed by atoms with E-state index in [0.717, 1.165) is 41.6 Å². The van der Waals surface area contributed by atoms with Gasteiger partial charge in [-0.15, -0.1) is 10.2 Å². The van der Waals surface area contributed by atoms with Gasteiger partial charge in [-0.3, -0.25) is 4.79 Å². The van der Waals surface area contributed by atoms with E-state index in [-0.39, 0.29) is 5.91 Å². The molecule has 1 amide bonds. The summed E-state index contributed by atoms with van der Waals surface area (Å²) in [6.07, 6.45) is 2.35. The van der Waals surface area contributed by atoms with Crippen LogP contribution in [0.3, 0.4) is 0 Å². The number of amides is 1. The maximum Gasteiger partial charge on any atom is 0.276 e. The molecule has 1 fully saturated rings. The van der Waals surface area contributed by atoms with E-state index in [1.165, 1.54) is 12.8 Å². The lowest BCUT2D eigenvalue weighted by Gasteiger charge is -2.30. The Morgan fingerprint density at radius 1 is 1.08 bits per heavy atom. The molecule has 1 aromatic heterocycles. The van der Waals surface area contributed by atoms with Gasteiger partial charge in [-0.1, -0.05) is 13.0 Å². The minimum absolute atomic E-state index is 0.230. The molecule has 0 aliphatic carbocycles. The van der Waals surface area contributed by atoms with E-state index in [1.807, 2.05) is 32.0 Å². The molecular formula is C19H24N4O. The Balaban J connectivity index is 1.67. The SMILES string of the molecule is Cc1cc(C)cc(NC(=O)c2ccc(N3CCC(C)CC3)nn2)c1. The molecule has 2 heterocycles. The molecular weight excluding hydrogens is 300 g/mol. The summed E-state index contributed by atoms with van der Waals surface area (Å²) in [5.74, 6) is 1.40. The molecule has 24 heavy (non-hydrogen) atoms. The number of nitrogens with one attached hydrogen (secondary N) is 1. The molecule has 1 N–H and O–H groups in total. The fraction of sp³-hybridized carbons (Fsp3) is 0.421. The molecule has 1 aliphatic rings. The summed E-state index contributed by atoms with van der Waals surface area (Å²) in [5, 5.41) is 11.2. The van der Waals surface area contributed by atoms with Gasteiger partial charge >= 0.3 is 0 Å². The van der Waals surface area contributed by atoms with Gasteiger partial charge < -0.3 is 10.2 Å². The van der Waals surface area contributed by atoms with Crippen LogP contribution in [0.15, 0.2) is 30.3 Å². The van der Waals surface area contributed by atoms with Gasteiger partial charge in [0.15, 0.2) is 11.5 Å². The molecule has 126 valence electrons. The first-order valence-electron chi connectivity index (χ1n) is 8.49. The van der Waals surface area contributed by atoms with Crippen LogP contribution in [0, 0.1) is 19.8 Å². The second-order valence-corrected chi connectivity index (χ2v) is 6.78. The second kappa shape index (κ2) is 6.99. The van der Waals surface area contributed by atoms with Gasteiger partial charge in [0.1, 0.15) is 0 Å². The number of aryl methyl sites for hydroxylation is 2. The van der Waals surface area contributed by atoms with Crippen molar-refractivity contribution in [2.45, 2.75) is 33.6 Å². The van der Waals surface area contributed by atoms with Gasteiger partial charge in [0.2, 0.25) is 0 Å². The topological polar surface area (TPSA) is 58.1 Å². The lowest BCUT2D eigenvalue weighted by Crippen LogP contribution is -2.33. The fourth-order valence-corrected chi connectivity index (χ4v) is 3.09. The standard InChI is InChI=1S/C19H24N4O/c1-13-6-8-23(9-7-13)18-5-4-17(21-22-18)19(24)20-16-11-14(2)10-15(3)12-16/h4-5,10-13H,6-9H2,1-3H3,(H,20,24). The van der Waals surface area contributed by atoms with E-state index in [9.17, 15) is 4.79 Å². The highest BCUT2D eigenvalue weighted by Gasteiger charge is 2.18. The van der Waals surface area contributed by atoms with Crippen LogP contribution in [0.4, 0.5) is 11.5 Å². The largest absolute Gasteiger partial charge is 0.355 e. The number of anilines is 2. The number of piperidine rings is 1. The lowest BCUT2D eigenvalue weighted by molar-refractivity contribution is 0.102. The highest BCUT2D eigenvalue weighted by atomic mass is 16.1. The molecule has 0 unspecified atom stereocenters. The number of nitrogens with zero attached hydrogens (tertiary/aromatic N) is 3. The highest BCUT2D eigenvalue weighted by molar-refractivity contribution is 6.02. The van der Waals surface area contributed by atoms with Crippen LogP contribution >= 0.6 is 0 Å². The molecule has 2 aromatic rings. The Kier molecular flexibility index (Phi) is 4.79. The fourth-order valence-electron chi connectivity index (χ4n) is 3.09. The van der Waals surface area contributed by atoms with Crippen molar-refractivity contribution in [3.8, 4) is 0 Å². The monoisotopic (exact) mass is 324 g/mol. The number of carbonyl (C=O) groups excluding carboxylic acids is 1. The molecule has 0 atom stereocenters. The van der Waals surface area contributed by atoms with E-state index in [4.69, 9.17) is 0 Å². The number of carbonyl (C=O) groups is 1. The molecule has 0 bridgehead atoms. The number of hydrogen-bond acceptors (Lipinski definition) is 4. The molecule has 0 radical (unpaired) electrons. The van der Waals surface area contributed by atoms with Crippen LogP contribution in [0.5, 0.6) is 0 Å². The van der Waals surface area contributed by atoms with Crippen LogP contribution in [0.2, 0.25) is 0 Å². The third-order valence-electron chi connectivity index (χ3n) is 4.47. The van der Waals surface area contributed by atoms with Crippen LogP contribution in [0.1, 0.15) is 41.4 Å². The molecule has 1 aromatic carbocycles.